The van der Waals surface area contributed by atoms with Crippen LogP contribution in [0.25, 0.3) is 0 Å². The highest BCUT2D eigenvalue weighted by molar-refractivity contribution is 5.94. The standard InChI is InChI=1S/C29H34N2O3/c1-31-15-6-3-7-16-34-28-14-13-24(19-26(28)18-22-9-8-10-23(17-22)21-31)29(32)30-20-25-11-4-5-12-27(25)33-2/h4-5,8-14,17,19H,3,6-7,15-16,18,20-21H2,1-2H3,(H,30,32). The second-order valence-corrected chi connectivity index (χ2v) is 8.96. The Hall–Kier alpha value is -3.31. The van der Waals surface area contributed by atoms with Crippen molar-refractivity contribution in [1.29, 1.82) is 0 Å². The molecule has 4 rings (SSSR count). The number of nitrogens with one attached hydrogen (secondary N) is 1. The zero-order chi connectivity index (χ0) is 23.8. The fourth-order valence-electron chi connectivity index (χ4n) is 4.42. The zero-order valence-corrected chi connectivity index (χ0v) is 20.2. The molecule has 0 saturated carbocycles. The van der Waals surface area contributed by atoms with E-state index in [9.17, 15) is 4.79 Å². The van der Waals surface area contributed by atoms with E-state index in [1.54, 1.807) is 7.11 Å². The average Bonchev–Trinajstić information content (AvgIpc) is 2.85. The van der Waals surface area contributed by atoms with E-state index in [2.05, 4.69) is 41.5 Å². The van der Waals surface area contributed by atoms with Crippen LogP contribution >= 0.6 is 0 Å². The molecule has 3 aromatic carbocycles. The largest absolute Gasteiger partial charge is 0.496 e. The minimum Gasteiger partial charge on any atom is -0.496 e. The quantitative estimate of drug-likeness (QED) is 0.583. The summed E-state index contributed by atoms with van der Waals surface area (Å²) in [4.78, 5) is 15.4. The van der Waals surface area contributed by atoms with Gasteiger partial charge in [0.25, 0.3) is 5.91 Å². The molecular formula is C29H34N2O3. The molecule has 34 heavy (non-hydrogen) atoms. The van der Waals surface area contributed by atoms with Crippen molar-refractivity contribution in [3.63, 3.8) is 0 Å². The lowest BCUT2D eigenvalue weighted by atomic mass is 9.99. The molecule has 0 unspecified atom stereocenters. The van der Waals surface area contributed by atoms with Gasteiger partial charge in [0.05, 0.1) is 13.7 Å². The summed E-state index contributed by atoms with van der Waals surface area (Å²) in [7, 11) is 3.82. The molecule has 5 heteroatoms. The summed E-state index contributed by atoms with van der Waals surface area (Å²) in [6.45, 7) is 3.14. The molecular weight excluding hydrogens is 424 g/mol. The SMILES string of the molecule is COc1ccccc1CNC(=O)c1ccc2c(c1)Cc1cccc(c1)CN(C)CCCCCO2. The zero-order valence-electron chi connectivity index (χ0n) is 20.2. The summed E-state index contributed by atoms with van der Waals surface area (Å²) in [5, 5.41) is 3.03. The first kappa shape index (κ1) is 23.8. The van der Waals surface area contributed by atoms with Gasteiger partial charge in [-0.25, -0.2) is 0 Å². The number of benzene rings is 3. The van der Waals surface area contributed by atoms with Gasteiger partial charge in [0.2, 0.25) is 0 Å². The maximum atomic E-state index is 13.0. The van der Waals surface area contributed by atoms with E-state index in [-0.39, 0.29) is 5.91 Å². The van der Waals surface area contributed by atoms with Gasteiger partial charge in [-0.05, 0) is 73.8 Å². The molecule has 2 bridgehead atoms. The molecule has 1 amide bonds. The summed E-state index contributed by atoms with van der Waals surface area (Å²) in [6.07, 6.45) is 4.06. The molecule has 0 saturated heterocycles. The van der Waals surface area contributed by atoms with Crippen molar-refractivity contribution in [3.05, 3.63) is 94.5 Å². The van der Waals surface area contributed by atoms with Crippen LogP contribution in [0.1, 0.15) is 51.9 Å². The van der Waals surface area contributed by atoms with Gasteiger partial charge in [0.1, 0.15) is 11.5 Å². The molecule has 3 aromatic rings. The Morgan fingerprint density at radius 2 is 1.85 bits per heavy atom. The van der Waals surface area contributed by atoms with Crippen LogP contribution < -0.4 is 14.8 Å². The van der Waals surface area contributed by atoms with Crippen LogP contribution in [0.2, 0.25) is 0 Å². The minimum absolute atomic E-state index is 0.108. The van der Waals surface area contributed by atoms with Crippen LogP contribution in [0.5, 0.6) is 11.5 Å². The molecule has 5 nitrogen and oxygen atoms in total. The number of fused-ring (bicyclic) bond motifs is 3. The second kappa shape index (κ2) is 11.7. The van der Waals surface area contributed by atoms with Crippen molar-refractivity contribution < 1.29 is 14.3 Å². The van der Waals surface area contributed by atoms with E-state index >= 15 is 0 Å². The molecule has 0 atom stereocenters. The van der Waals surface area contributed by atoms with E-state index in [4.69, 9.17) is 9.47 Å². The van der Waals surface area contributed by atoms with E-state index in [1.165, 1.54) is 11.1 Å². The lowest BCUT2D eigenvalue weighted by Crippen LogP contribution is -2.23. The summed E-state index contributed by atoms with van der Waals surface area (Å²) >= 11 is 0. The van der Waals surface area contributed by atoms with Crippen LogP contribution in [0.4, 0.5) is 0 Å². The number of carbonyl (C=O) groups is 1. The summed E-state index contributed by atoms with van der Waals surface area (Å²) in [5.74, 6) is 1.52. The maximum Gasteiger partial charge on any atom is 0.251 e. The number of rotatable bonds is 4. The number of methoxy groups -OCH3 is 1. The lowest BCUT2D eigenvalue weighted by Gasteiger charge is -2.19. The third-order valence-corrected chi connectivity index (χ3v) is 6.23. The minimum atomic E-state index is -0.108. The monoisotopic (exact) mass is 458 g/mol. The summed E-state index contributed by atoms with van der Waals surface area (Å²) < 4.78 is 11.6. The van der Waals surface area contributed by atoms with Crippen molar-refractivity contribution in [1.82, 2.24) is 10.2 Å². The predicted octanol–water partition coefficient (Wildman–Crippen LogP) is 5.21. The number of nitrogens with zero attached hydrogens (tertiary/aromatic N) is 1. The van der Waals surface area contributed by atoms with E-state index in [1.807, 2.05) is 42.5 Å². The van der Waals surface area contributed by atoms with Gasteiger partial charge in [0.15, 0.2) is 0 Å². The Labute approximate surface area is 202 Å². The highest BCUT2D eigenvalue weighted by Crippen LogP contribution is 2.25. The second-order valence-electron chi connectivity index (χ2n) is 8.96. The fraction of sp³-hybridized carbons (Fsp3) is 0.345. The van der Waals surface area contributed by atoms with E-state index < -0.39 is 0 Å². The van der Waals surface area contributed by atoms with Crippen molar-refractivity contribution in [3.8, 4) is 11.5 Å². The van der Waals surface area contributed by atoms with Gasteiger partial charge in [-0.3, -0.25) is 4.79 Å². The van der Waals surface area contributed by atoms with Gasteiger partial charge >= 0.3 is 0 Å². The van der Waals surface area contributed by atoms with E-state index in [0.29, 0.717) is 18.7 Å². The van der Waals surface area contributed by atoms with Crippen LogP contribution in [0.3, 0.4) is 0 Å². The maximum absolute atomic E-state index is 13.0. The number of hydrogen-bond donors (Lipinski definition) is 1. The van der Waals surface area contributed by atoms with Crippen LogP contribution in [0.15, 0.2) is 66.7 Å². The normalized spacial score (nSPS) is 14.9. The Kier molecular flexibility index (Phi) is 8.21. The molecule has 1 N–H and O–H groups in total. The molecule has 1 aliphatic heterocycles. The van der Waals surface area contributed by atoms with Crippen LogP contribution in [0, 0.1) is 0 Å². The molecule has 0 aromatic heterocycles. The average molecular weight is 459 g/mol. The third-order valence-electron chi connectivity index (χ3n) is 6.23. The predicted molar refractivity (Wildman–Crippen MR) is 136 cm³/mol. The third kappa shape index (κ3) is 6.39. The Morgan fingerprint density at radius 3 is 2.74 bits per heavy atom. The number of ether oxygens (including phenoxy) is 2. The number of amides is 1. The first-order chi connectivity index (χ1) is 16.6. The van der Waals surface area contributed by atoms with Crippen LogP contribution in [-0.2, 0) is 19.5 Å². The van der Waals surface area contributed by atoms with Gasteiger partial charge in [0, 0.05) is 30.6 Å². The van der Waals surface area contributed by atoms with Crippen molar-refractivity contribution >= 4 is 5.91 Å². The first-order valence-corrected chi connectivity index (χ1v) is 12.0. The van der Waals surface area contributed by atoms with Crippen molar-refractivity contribution in [2.75, 3.05) is 27.3 Å². The van der Waals surface area contributed by atoms with E-state index in [0.717, 1.165) is 61.4 Å². The van der Waals surface area contributed by atoms with Crippen molar-refractivity contribution in [2.45, 2.75) is 38.8 Å². The topological polar surface area (TPSA) is 50.8 Å². The van der Waals surface area contributed by atoms with Crippen molar-refractivity contribution in [2.24, 2.45) is 0 Å². The lowest BCUT2D eigenvalue weighted by molar-refractivity contribution is 0.0950. The molecule has 1 heterocycles. The smallest absolute Gasteiger partial charge is 0.251 e. The molecule has 0 aliphatic carbocycles. The molecule has 0 fully saturated rings. The van der Waals surface area contributed by atoms with Gasteiger partial charge in [-0.1, -0.05) is 42.5 Å². The Morgan fingerprint density at radius 1 is 1.00 bits per heavy atom. The molecule has 0 spiro atoms. The number of hydrogen-bond acceptors (Lipinski definition) is 4. The molecule has 1 aliphatic rings. The van der Waals surface area contributed by atoms with Crippen LogP contribution in [-0.4, -0.2) is 38.1 Å². The number of para-hydroxylation sites is 1. The van der Waals surface area contributed by atoms with Gasteiger partial charge in [-0.2, -0.15) is 0 Å². The molecule has 0 radical (unpaired) electrons. The summed E-state index contributed by atoms with van der Waals surface area (Å²) in [6, 6.07) is 22.2. The number of carbonyl (C=O) groups excluding carboxylic acids is 1. The highest BCUT2D eigenvalue weighted by atomic mass is 16.5. The van der Waals surface area contributed by atoms with Gasteiger partial charge < -0.3 is 19.7 Å². The first-order valence-electron chi connectivity index (χ1n) is 12.0. The fourth-order valence-corrected chi connectivity index (χ4v) is 4.42. The molecule has 178 valence electrons. The Balaban J connectivity index is 1.55. The summed E-state index contributed by atoms with van der Waals surface area (Å²) in [5.41, 5.74) is 5.15. The van der Waals surface area contributed by atoms with Gasteiger partial charge in [-0.15, -0.1) is 0 Å². The Bertz CT molecular complexity index is 1110. The highest BCUT2D eigenvalue weighted by Gasteiger charge is 2.13.